The molecule has 1 amide bonds. The van der Waals surface area contributed by atoms with Gasteiger partial charge in [0.05, 0.1) is 6.04 Å². The molecule has 4 nitrogen and oxygen atoms in total. The number of amides is 1. The lowest BCUT2D eigenvalue weighted by atomic mass is 9.91. The third kappa shape index (κ3) is 5.30. The van der Waals surface area contributed by atoms with E-state index in [1.165, 1.54) is 5.56 Å². The third-order valence-corrected chi connectivity index (χ3v) is 4.03. The van der Waals surface area contributed by atoms with Gasteiger partial charge in [0.1, 0.15) is 0 Å². The van der Waals surface area contributed by atoms with Crippen molar-refractivity contribution in [1.29, 1.82) is 0 Å². The second-order valence-electron chi connectivity index (χ2n) is 5.53. The van der Waals surface area contributed by atoms with E-state index < -0.39 is 6.04 Å². The molecule has 1 heterocycles. The Morgan fingerprint density at radius 3 is 2.57 bits per heavy atom. The first-order chi connectivity index (χ1) is 9.68. The molecule has 1 aromatic carbocycles. The van der Waals surface area contributed by atoms with Gasteiger partial charge in [-0.1, -0.05) is 37.3 Å². The molecule has 0 saturated carbocycles. The van der Waals surface area contributed by atoms with Crippen molar-refractivity contribution < 1.29 is 9.53 Å². The van der Waals surface area contributed by atoms with Crippen molar-refractivity contribution >= 4 is 18.3 Å². The number of halogens is 1. The smallest absolute Gasteiger partial charge is 0.237 e. The highest BCUT2D eigenvalue weighted by atomic mass is 35.5. The predicted octanol–water partition coefficient (Wildman–Crippen LogP) is 2.08. The topological polar surface area (TPSA) is 64.4 Å². The van der Waals surface area contributed by atoms with Gasteiger partial charge in [-0.3, -0.25) is 4.79 Å². The fraction of sp³-hybridized carbons (Fsp3) is 0.562. The van der Waals surface area contributed by atoms with Crippen LogP contribution in [-0.4, -0.2) is 31.7 Å². The minimum atomic E-state index is -0.415. The van der Waals surface area contributed by atoms with E-state index in [2.05, 4.69) is 24.4 Å². The molecule has 0 aliphatic carbocycles. The second-order valence-corrected chi connectivity index (χ2v) is 5.53. The Labute approximate surface area is 132 Å². The Bertz CT molecular complexity index is 422. The van der Waals surface area contributed by atoms with Crippen LogP contribution in [-0.2, 0) is 9.53 Å². The van der Waals surface area contributed by atoms with Gasteiger partial charge in [-0.25, -0.2) is 0 Å². The maximum absolute atomic E-state index is 12.1. The number of ether oxygens (including phenoxy) is 1. The van der Waals surface area contributed by atoms with E-state index in [1.807, 2.05) is 18.2 Å². The number of hydrogen-bond donors (Lipinski definition) is 2. The summed E-state index contributed by atoms with van der Waals surface area (Å²) >= 11 is 0. The molecular weight excluding hydrogens is 288 g/mol. The van der Waals surface area contributed by atoms with Gasteiger partial charge in [-0.15, -0.1) is 12.4 Å². The number of nitrogens with one attached hydrogen (secondary N) is 1. The standard InChI is InChI=1S/C16H24N2O2.ClH/c1-12(13-5-3-2-4-6-13)11-18-16(19)15(17)14-7-9-20-10-8-14;/h2-6,12,14-15H,7-11,17H2,1H3,(H,18,19);1H. The molecule has 2 rings (SSSR count). The van der Waals surface area contributed by atoms with Gasteiger partial charge in [-0.2, -0.15) is 0 Å². The first-order valence-electron chi connectivity index (χ1n) is 7.34. The second kappa shape index (κ2) is 9.03. The van der Waals surface area contributed by atoms with Crippen LogP contribution in [0, 0.1) is 5.92 Å². The van der Waals surface area contributed by atoms with E-state index in [-0.39, 0.29) is 24.2 Å². The van der Waals surface area contributed by atoms with Crippen molar-refractivity contribution in [2.75, 3.05) is 19.8 Å². The summed E-state index contributed by atoms with van der Waals surface area (Å²) in [6, 6.07) is 9.77. The molecule has 2 atom stereocenters. The van der Waals surface area contributed by atoms with Gasteiger partial charge in [0.25, 0.3) is 0 Å². The van der Waals surface area contributed by atoms with Crippen LogP contribution in [0.5, 0.6) is 0 Å². The summed E-state index contributed by atoms with van der Waals surface area (Å²) in [6.07, 6.45) is 1.76. The lowest BCUT2D eigenvalue weighted by Gasteiger charge is -2.27. The van der Waals surface area contributed by atoms with Crippen LogP contribution >= 0.6 is 12.4 Å². The lowest BCUT2D eigenvalue weighted by molar-refractivity contribution is -0.124. The van der Waals surface area contributed by atoms with E-state index in [4.69, 9.17) is 10.5 Å². The summed E-state index contributed by atoms with van der Waals surface area (Å²) in [6.45, 7) is 4.16. The van der Waals surface area contributed by atoms with Gasteiger partial charge < -0.3 is 15.8 Å². The third-order valence-electron chi connectivity index (χ3n) is 4.03. The first kappa shape index (κ1) is 18.0. The Morgan fingerprint density at radius 1 is 1.33 bits per heavy atom. The van der Waals surface area contributed by atoms with Gasteiger partial charge in [-0.05, 0) is 30.2 Å². The van der Waals surface area contributed by atoms with Gasteiger partial charge in [0.2, 0.25) is 5.91 Å². The van der Waals surface area contributed by atoms with Crippen LogP contribution in [0.15, 0.2) is 30.3 Å². The summed E-state index contributed by atoms with van der Waals surface area (Å²) in [7, 11) is 0. The van der Waals surface area contributed by atoms with Crippen LogP contribution in [0.2, 0.25) is 0 Å². The van der Waals surface area contributed by atoms with E-state index >= 15 is 0 Å². The Kier molecular flexibility index (Phi) is 7.72. The highest BCUT2D eigenvalue weighted by Crippen LogP contribution is 2.18. The largest absolute Gasteiger partial charge is 0.381 e. The molecule has 1 aliphatic rings. The van der Waals surface area contributed by atoms with Gasteiger partial charge in [0, 0.05) is 19.8 Å². The summed E-state index contributed by atoms with van der Waals surface area (Å²) < 4.78 is 5.30. The highest BCUT2D eigenvalue weighted by Gasteiger charge is 2.26. The predicted molar refractivity (Wildman–Crippen MR) is 86.6 cm³/mol. The molecular formula is C16H25ClN2O2. The van der Waals surface area contributed by atoms with Crippen molar-refractivity contribution in [3.8, 4) is 0 Å². The average Bonchev–Trinajstić information content (AvgIpc) is 2.53. The van der Waals surface area contributed by atoms with E-state index in [9.17, 15) is 4.79 Å². The van der Waals surface area contributed by atoms with Crippen molar-refractivity contribution in [2.24, 2.45) is 11.7 Å². The Hall–Kier alpha value is -1.10. The van der Waals surface area contributed by atoms with Crippen LogP contribution in [0.4, 0.5) is 0 Å². The lowest BCUT2D eigenvalue weighted by Crippen LogP contribution is -2.47. The fourth-order valence-electron chi connectivity index (χ4n) is 2.56. The summed E-state index contributed by atoms with van der Waals surface area (Å²) in [4.78, 5) is 12.1. The van der Waals surface area contributed by atoms with Crippen LogP contribution < -0.4 is 11.1 Å². The number of nitrogens with two attached hydrogens (primary N) is 1. The number of rotatable bonds is 5. The molecule has 2 unspecified atom stereocenters. The first-order valence-corrected chi connectivity index (χ1v) is 7.34. The average molecular weight is 313 g/mol. The van der Waals surface area contributed by atoms with Gasteiger partial charge in [0.15, 0.2) is 0 Å². The van der Waals surface area contributed by atoms with Crippen molar-refractivity contribution in [1.82, 2.24) is 5.32 Å². The quantitative estimate of drug-likeness (QED) is 0.875. The molecule has 0 aromatic heterocycles. The SMILES string of the molecule is CC(CNC(=O)C(N)C1CCOCC1)c1ccccc1.Cl. The molecule has 0 bridgehead atoms. The molecule has 0 radical (unpaired) electrons. The number of carbonyl (C=O) groups is 1. The van der Waals surface area contributed by atoms with Crippen molar-refractivity contribution in [3.63, 3.8) is 0 Å². The number of carbonyl (C=O) groups excluding carboxylic acids is 1. The maximum Gasteiger partial charge on any atom is 0.237 e. The monoisotopic (exact) mass is 312 g/mol. The molecule has 1 fully saturated rings. The zero-order chi connectivity index (χ0) is 14.4. The normalized spacial score (nSPS) is 18.4. The maximum atomic E-state index is 12.1. The minimum absolute atomic E-state index is 0. The van der Waals surface area contributed by atoms with Crippen LogP contribution in [0.25, 0.3) is 0 Å². The summed E-state index contributed by atoms with van der Waals surface area (Å²) in [5, 5.41) is 2.97. The molecule has 21 heavy (non-hydrogen) atoms. The number of hydrogen-bond acceptors (Lipinski definition) is 3. The van der Waals surface area contributed by atoms with E-state index in [0.29, 0.717) is 25.7 Å². The Balaban J connectivity index is 0.00000220. The summed E-state index contributed by atoms with van der Waals surface area (Å²) in [5.74, 6) is 0.498. The molecule has 1 aliphatic heterocycles. The molecule has 118 valence electrons. The van der Waals surface area contributed by atoms with E-state index in [0.717, 1.165) is 12.8 Å². The van der Waals surface area contributed by atoms with Gasteiger partial charge >= 0.3 is 0 Å². The fourth-order valence-corrected chi connectivity index (χ4v) is 2.56. The minimum Gasteiger partial charge on any atom is -0.381 e. The molecule has 0 spiro atoms. The highest BCUT2D eigenvalue weighted by molar-refractivity contribution is 5.85. The zero-order valence-corrected chi connectivity index (χ0v) is 13.3. The van der Waals surface area contributed by atoms with E-state index in [1.54, 1.807) is 0 Å². The zero-order valence-electron chi connectivity index (χ0n) is 12.5. The molecule has 1 saturated heterocycles. The van der Waals surface area contributed by atoms with Crippen LogP contribution in [0.3, 0.4) is 0 Å². The van der Waals surface area contributed by atoms with Crippen molar-refractivity contribution in [2.45, 2.75) is 31.7 Å². The number of benzene rings is 1. The molecule has 3 N–H and O–H groups in total. The Morgan fingerprint density at radius 2 is 1.95 bits per heavy atom. The summed E-state index contributed by atoms with van der Waals surface area (Å²) in [5.41, 5.74) is 7.28. The van der Waals surface area contributed by atoms with Crippen molar-refractivity contribution in [3.05, 3.63) is 35.9 Å². The van der Waals surface area contributed by atoms with Crippen LogP contribution in [0.1, 0.15) is 31.2 Å². The molecule has 5 heteroatoms. The molecule has 1 aromatic rings.